The Morgan fingerprint density at radius 3 is 1.59 bits per heavy atom. The Hall–Kier alpha value is -1.31. The number of hydrogen-bond donors (Lipinski definition) is 1. The van der Waals surface area contributed by atoms with Crippen LogP contribution in [-0.2, 0) is 4.79 Å². The van der Waals surface area contributed by atoms with Crippen LogP contribution in [0.25, 0.3) is 0 Å². The molecule has 0 rings (SSSR count). The van der Waals surface area contributed by atoms with E-state index in [1.165, 1.54) is 32.1 Å². The van der Waals surface area contributed by atoms with Gasteiger partial charge in [0.15, 0.2) is 0 Å². The highest BCUT2D eigenvalue weighted by molar-refractivity contribution is 5.66. The molecule has 22 heavy (non-hydrogen) atoms. The summed E-state index contributed by atoms with van der Waals surface area (Å²) in [5.74, 6) is -0.702. The molecule has 0 radical (unpaired) electrons. The zero-order valence-corrected chi connectivity index (χ0v) is 14.3. The van der Waals surface area contributed by atoms with Gasteiger partial charge in [-0.3, -0.25) is 4.79 Å². The van der Waals surface area contributed by atoms with Gasteiger partial charge in [-0.1, -0.05) is 62.6 Å². The Morgan fingerprint density at radius 2 is 1.14 bits per heavy atom. The minimum absolute atomic E-state index is 0.274. The molecule has 0 unspecified atom stereocenters. The third-order valence-corrected chi connectivity index (χ3v) is 3.49. The summed E-state index contributed by atoms with van der Waals surface area (Å²) in [6, 6.07) is 0. The Balaban J connectivity index is 3.28. The fraction of sp³-hybridized carbons (Fsp3) is 0.650. The first-order chi connectivity index (χ1) is 10.8. The first-order valence-corrected chi connectivity index (χ1v) is 8.94. The smallest absolute Gasteiger partial charge is 0.303 e. The number of allylic oxidation sites excluding steroid dienone is 6. The summed E-state index contributed by atoms with van der Waals surface area (Å²) in [7, 11) is 0. The Bertz CT molecular complexity index is 327. The van der Waals surface area contributed by atoms with Crippen LogP contribution < -0.4 is 0 Å². The van der Waals surface area contributed by atoms with E-state index in [0.717, 1.165) is 38.5 Å². The average molecular weight is 306 g/mol. The Kier molecular flexibility index (Phi) is 16.7. The molecule has 0 saturated heterocycles. The van der Waals surface area contributed by atoms with E-state index in [-0.39, 0.29) is 6.42 Å². The van der Waals surface area contributed by atoms with Crippen molar-refractivity contribution in [3.05, 3.63) is 36.5 Å². The monoisotopic (exact) mass is 306 g/mol. The lowest BCUT2D eigenvalue weighted by Gasteiger charge is -1.94. The van der Waals surface area contributed by atoms with Crippen LogP contribution >= 0.6 is 0 Å². The summed E-state index contributed by atoms with van der Waals surface area (Å²) in [5, 5.41) is 8.50. The zero-order chi connectivity index (χ0) is 16.3. The van der Waals surface area contributed by atoms with Crippen LogP contribution in [0.5, 0.6) is 0 Å². The first kappa shape index (κ1) is 20.7. The maximum absolute atomic E-state index is 10.3. The van der Waals surface area contributed by atoms with Crippen molar-refractivity contribution in [2.24, 2.45) is 0 Å². The van der Waals surface area contributed by atoms with Gasteiger partial charge in [0, 0.05) is 6.42 Å². The van der Waals surface area contributed by atoms with Gasteiger partial charge in [0.25, 0.3) is 0 Å². The van der Waals surface area contributed by atoms with Crippen molar-refractivity contribution in [2.75, 3.05) is 0 Å². The largest absolute Gasteiger partial charge is 0.481 e. The molecule has 1 N–H and O–H groups in total. The molecule has 0 spiro atoms. The first-order valence-electron chi connectivity index (χ1n) is 8.94. The molecule has 0 heterocycles. The van der Waals surface area contributed by atoms with E-state index in [1.807, 2.05) is 0 Å². The fourth-order valence-electron chi connectivity index (χ4n) is 2.15. The van der Waals surface area contributed by atoms with E-state index in [2.05, 4.69) is 43.4 Å². The lowest BCUT2D eigenvalue weighted by atomic mass is 10.1. The van der Waals surface area contributed by atoms with Gasteiger partial charge in [-0.05, 0) is 51.4 Å². The summed E-state index contributed by atoms with van der Waals surface area (Å²) < 4.78 is 0. The number of rotatable bonds is 15. The van der Waals surface area contributed by atoms with E-state index in [1.54, 1.807) is 0 Å². The summed E-state index contributed by atoms with van der Waals surface area (Å²) in [6.07, 6.45) is 26.3. The highest BCUT2D eigenvalue weighted by Gasteiger charge is 1.92. The molecule has 126 valence electrons. The number of carbonyl (C=O) groups is 1. The quantitative estimate of drug-likeness (QED) is 0.279. The van der Waals surface area contributed by atoms with Gasteiger partial charge in [0.05, 0.1) is 0 Å². The second kappa shape index (κ2) is 17.7. The average Bonchev–Trinajstić information content (AvgIpc) is 2.50. The molecule has 2 heteroatoms. The highest BCUT2D eigenvalue weighted by atomic mass is 16.4. The molecule has 0 saturated carbocycles. The molecule has 0 aromatic heterocycles. The van der Waals surface area contributed by atoms with Gasteiger partial charge < -0.3 is 5.11 Å². The molecule has 0 aliphatic heterocycles. The molecule has 0 fully saturated rings. The van der Waals surface area contributed by atoms with Gasteiger partial charge in [0.2, 0.25) is 0 Å². The number of carboxylic acids is 1. The molecule has 0 aromatic rings. The van der Waals surface area contributed by atoms with Crippen LogP contribution in [0.3, 0.4) is 0 Å². The van der Waals surface area contributed by atoms with Crippen LogP contribution in [0.4, 0.5) is 0 Å². The minimum Gasteiger partial charge on any atom is -0.481 e. The van der Waals surface area contributed by atoms with Crippen LogP contribution in [0.2, 0.25) is 0 Å². The van der Waals surface area contributed by atoms with Crippen molar-refractivity contribution in [3.63, 3.8) is 0 Å². The minimum atomic E-state index is -0.702. The lowest BCUT2D eigenvalue weighted by Crippen LogP contribution is -1.92. The maximum Gasteiger partial charge on any atom is 0.303 e. The summed E-state index contributed by atoms with van der Waals surface area (Å²) in [6.45, 7) is 2.25. The second-order valence-corrected chi connectivity index (χ2v) is 5.70. The molecule has 0 aliphatic carbocycles. The molecule has 0 atom stereocenters. The Morgan fingerprint density at radius 1 is 0.682 bits per heavy atom. The normalized spacial score (nSPS) is 12.0. The number of aliphatic carboxylic acids is 1. The topological polar surface area (TPSA) is 37.3 Å². The fourth-order valence-corrected chi connectivity index (χ4v) is 2.15. The van der Waals surface area contributed by atoms with E-state index in [0.29, 0.717) is 0 Å². The van der Waals surface area contributed by atoms with E-state index in [4.69, 9.17) is 5.11 Å². The predicted octanol–water partition coefficient (Wildman–Crippen LogP) is 6.44. The standard InChI is InChI=1S/C20H34O2/c1-2-3-4-5-6-7-8-9-10-11-12-13-14-15-16-17-18-19-20(21)22/h7-8,11-12,15-16H,2-6,9-10,13-14,17-19H2,1H3,(H,21,22). The van der Waals surface area contributed by atoms with Crippen molar-refractivity contribution in [2.45, 2.75) is 84.0 Å². The Labute approximate surface area is 137 Å². The summed E-state index contributed by atoms with van der Waals surface area (Å²) in [5.41, 5.74) is 0. The maximum atomic E-state index is 10.3. The molecular weight excluding hydrogens is 272 g/mol. The van der Waals surface area contributed by atoms with E-state index >= 15 is 0 Å². The third-order valence-electron chi connectivity index (χ3n) is 3.49. The number of hydrogen-bond acceptors (Lipinski definition) is 1. The van der Waals surface area contributed by atoms with E-state index < -0.39 is 5.97 Å². The van der Waals surface area contributed by atoms with Gasteiger partial charge in [-0.2, -0.15) is 0 Å². The molecule has 0 aliphatic rings. The molecular formula is C20H34O2. The van der Waals surface area contributed by atoms with Crippen LogP contribution in [0.1, 0.15) is 84.0 Å². The van der Waals surface area contributed by atoms with Crippen molar-refractivity contribution in [1.29, 1.82) is 0 Å². The van der Waals surface area contributed by atoms with Gasteiger partial charge >= 0.3 is 5.97 Å². The third kappa shape index (κ3) is 18.7. The molecule has 0 aromatic carbocycles. The zero-order valence-electron chi connectivity index (χ0n) is 14.3. The van der Waals surface area contributed by atoms with Crippen LogP contribution in [0, 0.1) is 0 Å². The molecule has 0 bridgehead atoms. The van der Waals surface area contributed by atoms with E-state index in [9.17, 15) is 4.79 Å². The summed E-state index contributed by atoms with van der Waals surface area (Å²) in [4.78, 5) is 10.3. The van der Waals surface area contributed by atoms with Crippen molar-refractivity contribution < 1.29 is 9.90 Å². The predicted molar refractivity (Wildman–Crippen MR) is 96.1 cm³/mol. The van der Waals surface area contributed by atoms with Crippen LogP contribution in [-0.4, -0.2) is 11.1 Å². The second-order valence-electron chi connectivity index (χ2n) is 5.70. The number of carboxylic acid groups (broad SMARTS) is 1. The van der Waals surface area contributed by atoms with Crippen molar-refractivity contribution in [3.8, 4) is 0 Å². The van der Waals surface area contributed by atoms with Gasteiger partial charge in [-0.25, -0.2) is 0 Å². The molecule has 0 amide bonds. The van der Waals surface area contributed by atoms with Gasteiger partial charge in [0.1, 0.15) is 0 Å². The SMILES string of the molecule is CCCCCCC=CCCC=CCCC=CCCCC(=O)O. The van der Waals surface area contributed by atoms with Gasteiger partial charge in [-0.15, -0.1) is 0 Å². The highest BCUT2D eigenvalue weighted by Crippen LogP contribution is 2.04. The molecule has 2 nitrogen and oxygen atoms in total. The summed E-state index contributed by atoms with van der Waals surface area (Å²) >= 11 is 0. The lowest BCUT2D eigenvalue weighted by molar-refractivity contribution is -0.137. The number of unbranched alkanes of at least 4 members (excludes halogenated alkanes) is 7. The van der Waals surface area contributed by atoms with Crippen molar-refractivity contribution >= 4 is 5.97 Å². The van der Waals surface area contributed by atoms with Crippen LogP contribution in [0.15, 0.2) is 36.5 Å². The van der Waals surface area contributed by atoms with Crippen molar-refractivity contribution in [1.82, 2.24) is 0 Å².